The Bertz CT molecular complexity index is 253. The van der Waals surface area contributed by atoms with Gasteiger partial charge in [0.1, 0.15) is 0 Å². The molecule has 1 aliphatic carbocycles. The zero-order chi connectivity index (χ0) is 11.1. The summed E-state index contributed by atoms with van der Waals surface area (Å²) in [6.07, 6.45) is 7.60. The number of fused-ring (bicyclic) bond motifs is 1. The summed E-state index contributed by atoms with van der Waals surface area (Å²) in [4.78, 5) is 2.46. The van der Waals surface area contributed by atoms with Gasteiger partial charge in [0, 0.05) is 18.0 Å². The molecule has 4 atom stereocenters. The summed E-state index contributed by atoms with van der Waals surface area (Å²) in [5, 5.41) is 10.6. The van der Waals surface area contributed by atoms with E-state index in [1.807, 2.05) is 0 Å². The average molecular weight is 209 g/mol. The molecule has 2 rings (SSSR count). The summed E-state index contributed by atoms with van der Waals surface area (Å²) >= 11 is 0. The highest BCUT2D eigenvalue weighted by atomic mass is 16.3. The molecule has 0 amide bonds. The van der Waals surface area contributed by atoms with Crippen molar-refractivity contribution in [2.24, 2.45) is 5.92 Å². The van der Waals surface area contributed by atoms with Gasteiger partial charge in [-0.15, -0.1) is 6.58 Å². The molecule has 1 saturated heterocycles. The van der Waals surface area contributed by atoms with Crippen LogP contribution in [0.15, 0.2) is 12.7 Å². The van der Waals surface area contributed by atoms with Gasteiger partial charge in [-0.25, -0.2) is 0 Å². The molecule has 2 fully saturated rings. The first-order chi connectivity index (χ1) is 7.08. The average Bonchev–Trinajstić information content (AvgIpc) is 2.26. The monoisotopic (exact) mass is 209 g/mol. The minimum absolute atomic E-state index is 0.407. The van der Waals surface area contributed by atoms with Gasteiger partial charge in [0.05, 0.1) is 5.60 Å². The molecule has 86 valence electrons. The zero-order valence-electron chi connectivity index (χ0n) is 9.95. The van der Waals surface area contributed by atoms with Crippen molar-refractivity contribution in [3.8, 4) is 0 Å². The van der Waals surface area contributed by atoms with Gasteiger partial charge >= 0.3 is 0 Å². The van der Waals surface area contributed by atoms with E-state index in [1.54, 1.807) is 6.08 Å². The third kappa shape index (κ3) is 1.74. The van der Waals surface area contributed by atoms with Gasteiger partial charge in [-0.2, -0.15) is 0 Å². The number of piperidine rings is 1. The molecule has 0 bridgehead atoms. The highest BCUT2D eigenvalue weighted by Crippen LogP contribution is 2.43. The molecule has 2 nitrogen and oxygen atoms in total. The van der Waals surface area contributed by atoms with Crippen LogP contribution in [0.2, 0.25) is 0 Å². The second-order valence-corrected chi connectivity index (χ2v) is 5.37. The molecule has 2 aliphatic rings. The summed E-state index contributed by atoms with van der Waals surface area (Å²) in [6, 6.07) is 1.03. The van der Waals surface area contributed by atoms with Crippen molar-refractivity contribution in [3.05, 3.63) is 12.7 Å². The fraction of sp³-hybridized carbons (Fsp3) is 0.846. The molecule has 1 N–H and O–H groups in total. The largest absolute Gasteiger partial charge is 0.385 e. The van der Waals surface area contributed by atoms with Crippen molar-refractivity contribution >= 4 is 0 Å². The molecule has 0 unspecified atom stereocenters. The molecule has 1 heterocycles. The van der Waals surface area contributed by atoms with Gasteiger partial charge in [-0.3, -0.25) is 0 Å². The van der Waals surface area contributed by atoms with Gasteiger partial charge in [-0.1, -0.05) is 18.9 Å². The van der Waals surface area contributed by atoms with Crippen molar-refractivity contribution < 1.29 is 5.11 Å². The Morgan fingerprint density at radius 3 is 2.73 bits per heavy atom. The van der Waals surface area contributed by atoms with Crippen LogP contribution >= 0.6 is 0 Å². The lowest BCUT2D eigenvalue weighted by molar-refractivity contribution is -0.0970. The fourth-order valence-corrected chi connectivity index (χ4v) is 3.51. The van der Waals surface area contributed by atoms with E-state index < -0.39 is 5.60 Å². The van der Waals surface area contributed by atoms with Crippen molar-refractivity contribution in [1.82, 2.24) is 4.90 Å². The Morgan fingerprint density at radius 2 is 2.07 bits per heavy atom. The molecule has 1 aliphatic heterocycles. The Kier molecular flexibility index (Phi) is 2.91. The molecule has 15 heavy (non-hydrogen) atoms. The number of likely N-dealkylation sites (tertiary alicyclic amines) is 1. The normalized spacial score (nSPS) is 47.3. The lowest BCUT2D eigenvalue weighted by Crippen LogP contribution is -2.60. The zero-order valence-corrected chi connectivity index (χ0v) is 9.95. The van der Waals surface area contributed by atoms with Gasteiger partial charge in [0.2, 0.25) is 0 Å². The third-order valence-corrected chi connectivity index (χ3v) is 4.57. The number of hydrogen-bond acceptors (Lipinski definition) is 2. The first-order valence-electron chi connectivity index (χ1n) is 6.16. The number of nitrogens with zero attached hydrogens (tertiary/aromatic N) is 1. The maximum atomic E-state index is 10.6. The first kappa shape index (κ1) is 11.2. The molecule has 0 spiro atoms. The molecular formula is C13H23NO. The van der Waals surface area contributed by atoms with E-state index in [1.165, 1.54) is 19.3 Å². The van der Waals surface area contributed by atoms with Crippen LogP contribution in [0.5, 0.6) is 0 Å². The number of hydrogen-bond donors (Lipinski definition) is 1. The molecule has 0 aromatic carbocycles. The highest BCUT2D eigenvalue weighted by molar-refractivity contribution is 5.10. The minimum Gasteiger partial charge on any atom is -0.385 e. The molecular weight excluding hydrogens is 186 g/mol. The van der Waals surface area contributed by atoms with E-state index in [0.29, 0.717) is 18.0 Å². The summed E-state index contributed by atoms with van der Waals surface area (Å²) in [6.45, 7) is 6.05. The first-order valence-corrected chi connectivity index (χ1v) is 6.16. The topological polar surface area (TPSA) is 23.5 Å². The van der Waals surface area contributed by atoms with E-state index in [9.17, 15) is 5.11 Å². The fourth-order valence-electron chi connectivity index (χ4n) is 3.51. The lowest BCUT2D eigenvalue weighted by Gasteiger charge is -2.53. The molecule has 1 saturated carbocycles. The number of rotatable bonds is 1. The molecule has 0 radical (unpaired) electrons. The quantitative estimate of drug-likeness (QED) is 0.669. The van der Waals surface area contributed by atoms with E-state index in [0.717, 1.165) is 12.8 Å². The summed E-state index contributed by atoms with van der Waals surface area (Å²) in [5.74, 6) is 0.407. The van der Waals surface area contributed by atoms with E-state index >= 15 is 0 Å². The number of aliphatic hydroxyl groups is 1. The van der Waals surface area contributed by atoms with Crippen LogP contribution in [0.4, 0.5) is 0 Å². The lowest BCUT2D eigenvalue weighted by atomic mass is 9.67. The van der Waals surface area contributed by atoms with Crippen LogP contribution in [0, 0.1) is 5.92 Å². The molecule has 0 aromatic rings. The van der Waals surface area contributed by atoms with Crippen LogP contribution in [-0.4, -0.2) is 34.7 Å². The maximum absolute atomic E-state index is 10.6. The summed E-state index contributed by atoms with van der Waals surface area (Å²) in [7, 11) is 2.20. The minimum atomic E-state index is -0.614. The van der Waals surface area contributed by atoms with Gasteiger partial charge in [-0.05, 0) is 33.2 Å². The van der Waals surface area contributed by atoms with Crippen molar-refractivity contribution in [2.75, 3.05) is 7.05 Å². The Balaban J connectivity index is 2.25. The maximum Gasteiger partial charge on any atom is 0.0882 e. The van der Waals surface area contributed by atoms with Gasteiger partial charge < -0.3 is 10.0 Å². The summed E-state index contributed by atoms with van der Waals surface area (Å²) < 4.78 is 0. The van der Waals surface area contributed by atoms with Crippen LogP contribution in [0.1, 0.15) is 39.0 Å². The standard InChI is InChI=1S/C13H23NO/c1-4-13(15)9-10(2)14(3)12-8-6-5-7-11(12)13/h4,10-12,15H,1,5-9H2,2-3H3/t10-,11-,12+,13-/m0/s1. The Hall–Kier alpha value is -0.340. The van der Waals surface area contributed by atoms with Crippen LogP contribution in [-0.2, 0) is 0 Å². The van der Waals surface area contributed by atoms with Crippen LogP contribution in [0.25, 0.3) is 0 Å². The molecule has 0 aromatic heterocycles. The van der Waals surface area contributed by atoms with Crippen LogP contribution < -0.4 is 0 Å². The van der Waals surface area contributed by atoms with Crippen LogP contribution in [0.3, 0.4) is 0 Å². The van der Waals surface area contributed by atoms with Crippen molar-refractivity contribution in [2.45, 2.75) is 56.7 Å². The van der Waals surface area contributed by atoms with Crippen molar-refractivity contribution in [3.63, 3.8) is 0 Å². The second-order valence-electron chi connectivity index (χ2n) is 5.37. The van der Waals surface area contributed by atoms with E-state index in [-0.39, 0.29) is 0 Å². The third-order valence-electron chi connectivity index (χ3n) is 4.57. The Labute approximate surface area is 93.0 Å². The SMILES string of the molecule is C=C[C@]1(O)C[C@H](C)N(C)[C@@H]2CCCC[C@@H]21. The predicted octanol–water partition coefficient (Wildman–Crippen LogP) is 2.19. The molecule has 2 heteroatoms. The smallest absolute Gasteiger partial charge is 0.0882 e. The van der Waals surface area contributed by atoms with E-state index in [2.05, 4.69) is 25.5 Å². The predicted molar refractivity (Wildman–Crippen MR) is 62.7 cm³/mol. The summed E-state index contributed by atoms with van der Waals surface area (Å²) in [5.41, 5.74) is -0.614. The van der Waals surface area contributed by atoms with Gasteiger partial charge in [0.25, 0.3) is 0 Å². The second kappa shape index (κ2) is 3.91. The van der Waals surface area contributed by atoms with E-state index in [4.69, 9.17) is 0 Å². The Morgan fingerprint density at radius 1 is 1.40 bits per heavy atom. The van der Waals surface area contributed by atoms with Crippen molar-refractivity contribution in [1.29, 1.82) is 0 Å². The highest BCUT2D eigenvalue weighted by Gasteiger charge is 2.47. The van der Waals surface area contributed by atoms with Gasteiger partial charge in [0.15, 0.2) is 0 Å².